The quantitative estimate of drug-likeness (QED) is 0.749. The summed E-state index contributed by atoms with van der Waals surface area (Å²) in [6, 6.07) is 3.67. The molecule has 0 saturated carbocycles. The highest BCUT2D eigenvalue weighted by molar-refractivity contribution is 6.30. The first-order valence-corrected chi connectivity index (χ1v) is 10.6. The zero-order valence-electron chi connectivity index (χ0n) is 17.0. The number of amides is 3. The maximum absolute atomic E-state index is 13.2. The molecule has 2 fully saturated rings. The van der Waals surface area contributed by atoms with E-state index in [1.165, 1.54) is 4.90 Å². The number of benzene rings is 1. The third-order valence-electron chi connectivity index (χ3n) is 6.17. The van der Waals surface area contributed by atoms with E-state index in [9.17, 15) is 14.7 Å². The Bertz CT molecular complexity index is 828. The highest BCUT2D eigenvalue weighted by Crippen LogP contribution is 2.38. The van der Waals surface area contributed by atoms with Crippen LogP contribution in [0.2, 0.25) is 5.02 Å². The molecule has 0 aliphatic carbocycles. The van der Waals surface area contributed by atoms with Crippen LogP contribution in [0, 0.1) is 0 Å². The molecule has 3 aliphatic rings. The van der Waals surface area contributed by atoms with Gasteiger partial charge in [-0.05, 0) is 61.9 Å². The van der Waals surface area contributed by atoms with E-state index in [1.54, 1.807) is 0 Å². The fourth-order valence-electron chi connectivity index (χ4n) is 4.82. The molecule has 0 bridgehead atoms. The summed E-state index contributed by atoms with van der Waals surface area (Å²) in [5, 5.41) is 10.2. The predicted molar refractivity (Wildman–Crippen MR) is 109 cm³/mol. The monoisotopic (exact) mass is 421 g/mol. The van der Waals surface area contributed by atoms with Gasteiger partial charge in [-0.3, -0.25) is 0 Å². The van der Waals surface area contributed by atoms with Gasteiger partial charge in [0.05, 0.1) is 24.8 Å². The number of urea groups is 1. The van der Waals surface area contributed by atoms with Crippen LogP contribution < -0.4 is 0 Å². The number of fused-ring (bicyclic) bond motifs is 1. The Hall–Kier alpha value is -1.99. The van der Waals surface area contributed by atoms with Crippen LogP contribution >= 0.6 is 11.6 Å². The molecule has 4 rings (SSSR count). The van der Waals surface area contributed by atoms with Gasteiger partial charge in [0.15, 0.2) is 0 Å². The van der Waals surface area contributed by atoms with Gasteiger partial charge in [0.25, 0.3) is 0 Å². The minimum Gasteiger partial charge on any atom is -0.465 e. The Kier molecular flexibility index (Phi) is 5.38. The number of carboxylic acid groups (broad SMARTS) is 1. The molecular weight excluding hydrogens is 394 g/mol. The molecule has 3 aliphatic heterocycles. The molecule has 1 aromatic rings. The average Bonchev–Trinajstić information content (AvgIpc) is 3.15. The lowest BCUT2D eigenvalue weighted by Gasteiger charge is -2.41. The summed E-state index contributed by atoms with van der Waals surface area (Å²) in [5.74, 6) is 0. The summed E-state index contributed by atoms with van der Waals surface area (Å²) in [6.07, 6.45) is 1.44. The topological polar surface area (TPSA) is 73.3 Å². The molecule has 7 nitrogen and oxygen atoms in total. The van der Waals surface area contributed by atoms with E-state index in [1.807, 2.05) is 35.8 Å². The van der Waals surface area contributed by atoms with E-state index in [0.717, 1.165) is 36.0 Å². The standard InChI is InChI=1S/C21H28ClN3O4/c1-21(2)13-24(8-9-29-21)19(26)23-7-5-14-10-15(22)11-16(17(14)12-23)18-4-3-6-25(18)20(27)28/h10-11,18H,3-9,12-13H2,1-2H3,(H,27,28). The zero-order chi connectivity index (χ0) is 20.8. The number of rotatable bonds is 1. The second-order valence-electron chi connectivity index (χ2n) is 8.75. The minimum atomic E-state index is -0.902. The van der Waals surface area contributed by atoms with Gasteiger partial charge in [-0.25, -0.2) is 9.59 Å². The summed E-state index contributed by atoms with van der Waals surface area (Å²) in [6.45, 7) is 7.36. The smallest absolute Gasteiger partial charge is 0.407 e. The zero-order valence-corrected chi connectivity index (χ0v) is 17.7. The Balaban J connectivity index is 1.60. The van der Waals surface area contributed by atoms with Crippen LogP contribution in [0.25, 0.3) is 0 Å². The van der Waals surface area contributed by atoms with Crippen molar-refractivity contribution in [3.05, 3.63) is 33.8 Å². The van der Waals surface area contributed by atoms with Crippen molar-refractivity contribution in [2.24, 2.45) is 0 Å². The molecule has 1 unspecified atom stereocenters. The number of carbonyl (C=O) groups excluding carboxylic acids is 1. The van der Waals surface area contributed by atoms with Crippen LogP contribution in [-0.4, -0.2) is 70.3 Å². The van der Waals surface area contributed by atoms with Crippen LogP contribution in [0.3, 0.4) is 0 Å². The fourth-order valence-corrected chi connectivity index (χ4v) is 5.07. The Labute approximate surface area is 176 Å². The predicted octanol–water partition coefficient (Wildman–Crippen LogP) is 3.74. The van der Waals surface area contributed by atoms with E-state index in [-0.39, 0.29) is 17.7 Å². The molecule has 1 aromatic carbocycles. The summed E-state index contributed by atoms with van der Waals surface area (Å²) in [7, 11) is 0. The molecule has 8 heteroatoms. The molecule has 3 heterocycles. The normalized spacial score (nSPS) is 23.8. The highest BCUT2D eigenvalue weighted by Gasteiger charge is 2.36. The van der Waals surface area contributed by atoms with E-state index in [4.69, 9.17) is 16.3 Å². The lowest BCUT2D eigenvalue weighted by molar-refractivity contribution is -0.0767. The molecule has 1 N–H and O–H groups in total. The van der Waals surface area contributed by atoms with Crippen molar-refractivity contribution >= 4 is 23.7 Å². The van der Waals surface area contributed by atoms with Crippen LogP contribution in [-0.2, 0) is 17.7 Å². The van der Waals surface area contributed by atoms with Crippen LogP contribution in [0.15, 0.2) is 12.1 Å². The van der Waals surface area contributed by atoms with Gasteiger partial charge in [-0.1, -0.05) is 11.6 Å². The molecule has 0 aromatic heterocycles. The number of halogens is 1. The van der Waals surface area contributed by atoms with Crippen molar-refractivity contribution in [1.29, 1.82) is 0 Å². The molecule has 29 heavy (non-hydrogen) atoms. The van der Waals surface area contributed by atoms with Crippen LogP contribution in [0.4, 0.5) is 9.59 Å². The first-order chi connectivity index (χ1) is 13.7. The van der Waals surface area contributed by atoms with Gasteiger partial charge in [-0.15, -0.1) is 0 Å². The lowest BCUT2D eigenvalue weighted by atomic mass is 9.90. The van der Waals surface area contributed by atoms with Gasteiger partial charge in [0.2, 0.25) is 0 Å². The third-order valence-corrected chi connectivity index (χ3v) is 6.38. The van der Waals surface area contributed by atoms with Crippen LogP contribution in [0.5, 0.6) is 0 Å². The summed E-state index contributed by atoms with van der Waals surface area (Å²) in [4.78, 5) is 30.1. The van der Waals surface area contributed by atoms with Crippen molar-refractivity contribution in [2.75, 3.05) is 32.8 Å². The van der Waals surface area contributed by atoms with E-state index in [2.05, 4.69) is 0 Å². The number of nitrogens with zero attached hydrogens (tertiary/aromatic N) is 3. The Morgan fingerprint density at radius 3 is 2.72 bits per heavy atom. The van der Waals surface area contributed by atoms with Crippen molar-refractivity contribution in [3.8, 4) is 0 Å². The number of likely N-dealkylation sites (tertiary alicyclic amines) is 1. The molecule has 0 radical (unpaired) electrons. The van der Waals surface area contributed by atoms with Gasteiger partial charge >= 0.3 is 12.1 Å². The molecular formula is C21H28ClN3O4. The highest BCUT2D eigenvalue weighted by atomic mass is 35.5. The SMILES string of the molecule is CC1(C)CN(C(=O)N2CCc3cc(Cl)cc(C4CCCN4C(=O)O)c3C2)CCO1. The number of morpholine rings is 1. The first kappa shape index (κ1) is 20.3. The maximum Gasteiger partial charge on any atom is 0.407 e. The molecule has 0 spiro atoms. The number of hydrogen-bond donors (Lipinski definition) is 1. The second-order valence-corrected chi connectivity index (χ2v) is 9.19. The third kappa shape index (κ3) is 4.03. The molecule has 3 amide bonds. The summed E-state index contributed by atoms with van der Waals surface area (Å²) < 4.78 is 5.74. The van der Waals surface area contributed by atoms with Crippen molar-refractivity contribution in [3.63, 3.8) is 0 Å². The second kappa shape index (κ2) is 7.69. The Morgan fingerprint density at radius 1 is 1.21 bits per heavy atom. The molecule has 2 saturated heterocycles. The lowest BCUT2D eigenvalue weighted by Crippen LogP contribution is -2.55. The Morgan fingerprint density at radius 2 is 2.00 bits per heavy atom. The van der Waals surface area contributed by atoms with Crippen molar-refractivity contribution in [2.45, 2.75) is 51.3 Å². The van der Waals surface area contributed by atoms with Gasteiger partial charge in [0, 0.05) is 31.2 Å². The first-order valence-electron chi connectivity index (χ1n) is 10.2. The van der Waals surface area contributed by atoms with E-state index in [0.29, 0.717) is 44.4 Å². The van der Waals surface area contributed by atoms with Gasteiger partial charge < -0.3 is 24.5 Å². The average molecular weight is 422 g/mol. The van der Waals surface area contributed by atoms with E-state index < -0.39 is 6.09 Å². The van der Waals surface area contributed by atoms with Crippen molar-refractivity contribution in [1.82, 2.24) is 14.7 Å². The largest absolute Gasteiger partial charge is 0.465 e. The summed E-state index contributed by atoms with van der Waals surface area (Å²) in [5.41, 5.74) is 2.79. The fraction of sp³-hybridized carbons (Fsp3) is 0.619. The minimum absolute atomic E-state index is 0.0226. The van der Waals surface area contributed by atoms with Gasteiger partial charge in [-0.2, -0.15) is 0 Å². The number of carbonyl (C=O) groups is 2. The van der Waals surface area contributed by atoms with Crippen LogP contribution in [0.1, 0.15) is 49.4 Å². The number of ether oxygens (including phenoxy) is 1. The van der Waals surface area contributed by atoms with Gasteiger partial charge in [0.1, 0.15) is 0 Å². The van der Waals surface area contributed by atoms with Crippen molar-refractivity contribution < 1.29 is 19.4 Å². The molecule has 158 valence electrons. The molecule has 1 atom stereocenters. The number of hydrogen-bond acceptors (Lipinski definition) is 3. The van der Waals surface area contributed by atoms with E-state index >= 15 is 0 Å². The summed E-state index contributed by atoms with van der Waals surface area (Å²) >= 11 is 6.37. The maximum atomic E-state index is 13.2.